The van der Waals surface area contributed by atoms with Crippen molar-refractivity contribution in [3.63, 3.8) is 0 Å². The first kappa shape index (κ1) is 10.4. The summed E-state index contributed by atoms with van der Waals surface area (Å²) in [6.07, 6.45) is 2.76. The fraction of sp³-hybridized carbons (Fsp3) is 0.364. The highest BCUT2D eigenvalue weighted by atomic mass is 32.1. The van der Waals surface area contributed by atoms with Crippen LogP contribution < -0.4 is 5.73 Å². The lowest BCUT2D eigenvalue weighted by Gasteiger charge is -2.03. The van der Waals surface area contributed by atoms with Crippen molar-refractivity contribution in [1.29, 1.82) is 0 Å². The van der Waals surface area contributed by atoms with E-state index in [0.717, 1.165) is 17.9 Å². The molecule has 0 fully saturated rings. The van der Waals surface area contributed by atoms with Crippen LogP contribution in [-0.4, -0.2) is 9.97 Å². The van der Waals surface area contributed by atoms with E-state index in [1.807, 2.05) is 6.20 Å². The van der Waals surface area contributed by atoms with Crippen LogP contribution in [0.4, 0.5) is 0 Å². The molecule has 1 unspecified atom stereocenters. The van der Waals surface area contributed by atoms with Gasteiger partial charge in [-0.2, -0.15) is 0 Å². The molecule has 0 aliphatic carbocycles. The molecule has 2 aromatic rings. The maximum atomic E-state index is 5.91. The Morgan fingerprint density at radius 3 is 3.00 bits per heavy atom. The lowest BCUT2D eigenvalue weighted by molar-refractivity contribution is 0.658. The summed E-state index contributed by atoms with van der Waals surface area (Å²) < 4.78 is 0. The van der Waals surface area contributed by atoms with Gasteiger partial charge in [0.2, 0.25) is 0 Å². The van der Waals surface area contributed by atoms with Gasteiger partial charge in [-0.25, -0.2) is 4.98 Å². The number of imidazole rings is 1. The van der Waals surface area contributed by atoms with Gasteiger partial charge in [0.05, 0.1) is 22.8 Å². The lowest BCUT2D eigenvalue weighted by atomic mass is 10.2. The monoisotopic (exact) mass is 221 g/mol. The van der Waals surface area contributed by atoms with Crippen molar-refractivity contribution in [1.82, 2.24) is 9.97 Å². The average molecular weight is 221 g/mol. The van der Waals surface area contributed by atoms with E-state index in [1.165, 1.54) is 10.4 Å². The first-order chi connectivity index (χ1) is 7.22. The summed E-state index contributed by atoms with van der Waals surface area (Å²) in [5.74, 6) is 0.875. The summed E-state index contributed by atoms with van der Waals surface area (Å²) in [7, 11) is 0. The van der Waals surface area contributed by atoms with Gasteiger partial charge in [-0.1, -0.05) is 6.92 Å². The second-order valence-electron chi connectivity index (χ2n) is 3.63. The van der Waals surface area contributed by atoms with Crippen LogP contribution in [0.5, 0.6) is 0 Å². The van der Waals surface area contributed by atoms with E-state index in [4.69, 9.17) is 5.73 Å². The van der Waals surface area contributed by atoms with E-state index in [0.29, 0.717) is 0 Å². The summed E-state index contributed by atoms with van der Waals surface area (Å²) in [5, 5.41) is 2.09. The highest BCUT2D eigenvalue weighted by Gasteiger charge is 2.10. The van der Waals surface area contributed by atoms with Gasteiger partial charge in [0.15, 0.2) is 0 Å². The van der Waals surface area contributed by atoms with E-state index in [-0.39, 0.29) is 6.04 Å². The number of thiophene rings is 1. The predicted molar refractivity (Wildman–Crippen MR) is 63.9 cm³/mol. The van der Waals surface area contributed by atoms with Gasteiger partial charge in [-0.3, -0.25) is 0 Å². The summed E-state index contributed by atoms with van der Waals surface area (Å²) in [6.45, 7) is 4.16. The number of aromatic amines is 1. The molecule has 0 aromatic carbocycles. The van der Waals surface area contributed by atoms with Crippen LogP contribution in [0.25, 0.3) is 10.6 Å². The molecule has 0 bridgehead atoms. The molecule has 3 nitrogen and oxygen atoms in total. The zero-order valence-corrected chi connectivity index (χ0v) is 9.77. The standard InChI is InChI=1S/C11H15N3S/c1-3-8(12)11-13-6-9(14-11)10-7(2)4-5-15-10/h4-6,8H,3,12H2,1-2H3,(H,13,14). The summed E-state index contributed by atoms with van der Waals surface area (Å²) >= 11 is 1.72. The van der Waals surface area contributed by atoms with E-state index in [9.17, 15) is 0 Å². The Morgan fingerprint density at radius 1 is 1.60 bits per heavy atom. The zero-order valence-electron chi connectivity index (χ0n) is 8.95. The maximum Gasteiger partial charge on any atom is 0.123 e. The minimum absolute atomic E-state index is 0.0130. The summed E-state index contributed by atoms with van der Waals surface area (Å²) in [6, 6.07) is 2.12. The number of nitrogens with one attached hydrogen (secondary N) is 1. The molecule has 2 rings (SSSR count). The topological polar surface area (TPSA) is 54.7 Å². The molecule has 1 atom stereocenters. The number of aromatic nitrogens is 2. The van der Waals surface area contributed by atoms with Crippen LogP contribution in [0.2, 0.25) is 0 Å². The highest BCUT2D eigenvalue weighted by Crippen LogP contribution is 2.28. The fourth-order valence-electron chi connectivity index (χ4n) is 1.48. The zero-order chi connectivity index (χ0) is 10.8. The van der Waals surface area contributed by atoms with Crippen molar-refractivity contribution < 1.29 is 0 Å². The Kier molecular flexibility index (Phi) is 2.88. The van der Waals surface area contributed by atoms with Crippen molar-refractivity contribution in [2.75, 3.05) is 0 Å². The van der Waals surface area contributed by atoms with Crippen LogP contribution in [-0.2, 0) is 0 Å². The Bertz CT molecular complexity index is 444. The second-order valence-corrected chi connectivity index (χ2v) is 4.55. The van der Waals surface area contributed by atoms with Crippen LogP contribution in [0, 0.1) is 6.92 Å². The van der Waals surface area contributed by atoms with Gasteiger partial charge >= 0.3 is 0 Å². The Labute approximate surface area is 93.4 Å². The minimum Gasteiger partial charge on any atom is -0.340 e. The molecule has 0 aliphatic rings. The van der Waals surface area contributed by atoms with E-state index in [2.05, 4.69) is 35.3 Å². The summed E-state index contributed by atoms with van der Waals surface area (Å²) in [4.78, 5) is 8.84. The number of hydrogen-bond donors (Lipinski definition) is 2. The molecule has 0 amide bonds. The molecule has 15 heavy (non-hydrogen) atoms. The molecule has 80 valence electrons. The van der Waals surface area contributed by atoms with Gasteiger partial charge in [-0.05, 0) is 30.4 Å². The number of nitrogens with two attached hydrogens (primary N) is 1. The van der Waals surface area contributed by atoms with Gasteiger partial charge in [0.1, 0.15) is 5.82 Å². The van der Waals surface area contributed by atoms with Crippen molar-refractivity contribution in [3.8, 4) is 10.6 Å². The number of H-pyrrole nitrogens is 1. The molecular weight excluding hydrogens is 206 g/mol. The molecule has 0 saturated heterocycles. The molecule has 0 radical (unpaired) electrons. The Morgan fingerprint density at radius 2 is 2.40 bits per heavy atom. The summed E-state index contributed by atoms with van der Waals surface area (Å²) in [5.41, 5.74) is 8.26. The molecule has 2 heterocycles. The Hall–Kier alpha value is -1.13. The number of rotatable bonds is 3. The van der Waals surface area contributed by atoms with E-state index < -0.39 is 0 Å². The van der Waals surface area contributed by atoms with Gasteiger partial charge in [0.25, 0.3) is 0 Å². The smallest absolute Gasteiger partial charge is 0.123 e. The van der Waals surface area contributed by atoms with Crippen molar-refractivity contribution in [3.05, 3.63) is 29.0 Å². The number of aryl methyl sites for hydroxylation is 1. The van der Waals surface area contributed by atoms with Gasteiger partial charge in [0, 0.05) is 0 Å². The van der Waals surface area contributed by atoms with Crippen LogP contribution >= 0.6 is 11.3 Å². The van der Waals surface area contributed by atoms with Crippen LogP contribution in [0.15, 0.2) is 17.6 Å². The second kappa shape index (κ2) is 4.16. The SMILES string of the molecule is CCC(N)c1ncc(-c2sccc2C)[nH]1. The Balaban J connectivity index is 2.32. The van der Waals surface area contributed by atoms with Gasteiger partial charge < -0.3 is 10.7 Å². The van der Waals surface area contributed by atoms with Crippen molar-refractivity contribution in [2.24, 2.45) is 5.73 Å². The molecule has 0 saturated carbocycles. The molecule has 4 heteroatoms. The number of nitrogens with zero attached hydrogens (tertiary/aromatic N) is 1. The highest BCUT2D eigenvalue weighted by molar-refractivity contribution is 7.13. The minimum atomic E-state index is 0.0130. The fourth-order valence-corrected chi connectivity index (χ4v) is 2.38. The van der Waals surface area contributed by atoms with E-state index in [1.54, 1.807) is 11.3 Å². The van der Waals surface area contributed by atoms with Crippen LogP contribution in [0.3, 0.4) is 0 Å². The van der Waals surface area contributed by atoms with Gasteiger partial charge in [-0.15, -0.1) is 11.3 Å². The third kappa shape index (κ3) is 1.96. The first-order valence-corrected chi connectivity index (χ1v) is 5.95. The van der Waals surface area contributed by atoms with Crippen molar-refractivity contribution in [2.45, 2.75) is 26.3 Å². The number of hydrogen-bond acceptors (Lipinski definition) is 3. The first-order valence-electron chi connectivity index (χ1n) is 5.07. The molecular formula is C11H15N3S. The molecule has 3 N–H and O–H groups in total. The molecule has 2 aromatic heterocycles. The predicted octanol–water partition coefficient (Wildman–Crippen LogP) is 2.86. The van der Waals surface area contributed by atoms with Crippen molar-refractivity contribution >= 4 is 11.3 Å². The largest absolute Gasteiger partial charge is 0.340 e. The quantitative estimate of drug-likeness (QED) is 0.837. The lowest BCUT2D eigenvalue weighted by Crippen LogP contribution is -2.10. The average Bonchev–Trinajstić information content (AvgIpc) is 2.84. The van der Waals surface area contributed by atoms with E-state index >= 15 is 0 Å². The van der Waals surface area contributed by atoms with Crippen LogP contribution in [0.1, 0.15) is 30.8 Å². The molecule has 0 spiro atoms. The third-order valence-electron chi connectivity index (χ3n) is 2.49. The normalized spacial score (nSPS) is 13.0. The maximum absolute atomic E-state index is 5.91. The third-order valence-corrected chi connectivity index (χ3v) is 3.54. The molecule has 0 aliphatic heterocycles.